The largest absolute Gasteiger partial charge is 0.294 e. The Labute approximate surface area is 131 Å². The van der Waals surface area contributed by atoms with E-state index in [4.69, 9.17) is 0 Å². The van der Waals surface area contributed by atoms with Crippen LogP contribution in [-0.2, 0) is 6.54 Å². The van der Waals surface area contributed by atoms with Gasteiger partial charge in [0.15, 0.2) is 5.78 Å². The van der Waals surface area contributed by atoms with Crippen molar-refractivity contribution in [1.82, 2.24) is 4.90 Å². The molecular weight excluding hydrogens is 398 g/mol. The van der Waals surface area contributed by atoms with Crippen molar-refractivity contribution < 1.29 is 4.79 Å². The van der Waals surface area contributed by atoms with Crippen molar-refractivity contribution in [3.63, 3.8) is 0 Å². The molecule has 0 amide bonds. The zero-order chi connectivity index (χ0) is 13.1. The Hall–Kier alpha value is -0.0100. The van der Waals surface area contributed by atoms with Crippen LogP contribution in [0.5, 0.6) is 0 Å². The second kappa shape index (κ2) is 6.43. The molecule has 18 heavy (non-hydrogen) atoms. The molecule has 0 bridgehead atoms. The van der Waals surface area contributed by atoms with Gasteiger partial charge in [-0.2, -0.15) is 0 Å². The topological polar surface area (TPSA) is 20.3 Å². The highest BCUT2D eigenvalue weighted by Gasteiger charge is 2.14. The molecule has 6 heteroatoms. The van der Waals surface area contributed by atoms with Crippen molar-refractivity contribution >= 4 is 60.3 Å². The van der Waals surface area contributed by atoms with Gasteiger partial charge in [-0.05, 0) is 56.4 Å². The Morgan fingerprint density at radius 3 is 2.72 bits per heavy atom. The molecule has 0 aliphatic rings. The minimum absolute atomic E-state index is 0.162. The number of likely N-dealkylation sites (N-methyl/N-ethyl adjacent to an activating group) is 1. The maximum atomic E-state index is 12.1. The van der Waals surface area contributed by atoms with Gasteiger partial charge >= 0.3 is 0 Å². The first-order valence-corrected chi connectivity index (χ1v) is 8.58. The molecule has 0 unspecified atom stereocenters. The average molecular weight is 409 g/mol. The Bertz CT molecular complexity index is 550. The van der Waals surface area contributed by atoms with Crippen LogP contribution in [0.3, 0.4) is 0 Å². The lowest BCUT2D eigenvalue weighted by atomic mass is 10.3. The summed E-state index contributed by atoms with van der Waals surface area (Å²) in [5.41, 5.74) is 0. The Morgan fingerprint density at radius 1 is 1.39 bits per heavy atom. The van der Waals surface area contributed by atoms with Gasteiger partial charge in [0.25, 0.3) is 0 Å². The molecule has 2 aromatic heterocycles. The van der Waals surface area contributed by atoms with E-state index in [1.54, 1.807) is 11.3 Å². The maximum Gasteiger partial charge on any atom is 0.187 e. The Kier molecular flexibility index (Phi) is 5.14. The van der Waals surface area contributed by atoms with E-state index < -0.39 is 0 Å². The van der Waals surface area contributed by atoms with E-state index in [1.807, 2.05) is 23.4 Å². The molecule has 0 aliphatic carbocycles. The van der Waals surface area contributed by atoms with Crippen molar-refractivity contribution in [3.05, 3.63) is 41.6 Å². The molecule has 2 aromatic rings. The minimum Gasteiger partial charge on any atom is -0.294 e. The minimum atomic E-state index is 0.162. The molecule has 0 N–H and O–H groups in total. The van der Waals surface area contributed by atoms with Gasteiger partial charge in [0, 0.05) is 25.7 Å². The summed E-state index contributed by atoms with van der Waals surface area (Å²) in [6, 6.07) is 4.00. The molecule has 2 rings (SSSR count). The molecule has 0 fully saturated rings. The summed E-state index contributed by atoms with van der Waals surface area (Å²) >= 11 is 10.0. The predicted octanol–water partition coefficient (Wildman–Crippen LogP) is 4.65. The van der Waals surface area contributed by atoms with Crippen LogP contribution >= 0.6 is 54.5 Å². The van der Waals surface area contributed by atoms with Gasteiger partial charge in [-0.1, -0.05) is 0 Å². The van der Waals surface area contributed by atoms with Crippen molar-refractivity contribution in [2.45, 2.75) is 6.54 Å². The molecule has 0 saturated heterocycles. The summed E-state index contributed by atoms with van der Waals surface area (Å²) in [4.78, 5) is 16.2. The van der Waals surface area contributed by atoms with Crippen LogP contribution in [0.15, 0.2) is 31.8 Å². The molecule has 0 atom stereocenters. The predicted molar refractivity (Wildman–Crippen MR) is 84.7 cm³/mol. The summed E-state index contributed by atoms with van der Waals surface area (Å²) < 4.78 is 1.99. The van der Waals surface area contributed by atoms with Gasteiger partial charge in [0.05, 0.1) is 11.4 Å². The zero-order valence-electron chi connectivity index (χ0n) is 9.65. The van der Waals surface area contributed by atoms with Crippen LogP contribution in [-0.4, -0.2) is 24.3 Å². The van der Waals surface area contributed by atoms with Gasteiger partial charge in [0.2, 0.25) is 0 Å². The smallest absolute Gasteiger partial charge is 0.187 e. The summed E-state index contributed by atoms with van der Waals surface area (Å²) in [7, 11) is 1.97. The first-order chi connectivity index (χ1) is 8.56. The number of ketones is 1. The number of thiophene rings is 2. The number of Topliss-reactive ketones (excluding diaryl/α,β-unsaturated/α-hetero) is 1. The molecule has 0 radical (unpaired) electrons. The number of hydrogen-bond acceptors (Lipinski definition) is 4. The first-order valence-electron chi connectivity index (χ1n) is 5.24. The third kappa shape index (κ3) is 3.74. The molecule has 2 nitrogen and oxygen atoms in total. The van der Waals surface area contributed by atoms with Crippen LogP contribution < -0.4 is 0 Å². The van der Waals surface area contributed by atoms with Crippen molar-refractivity contribution in [3.8, 4) is 0 Å². The van der Waals surface area contributed by atoms with E-state index >= 15 is 0 Å². The fourth-order valence-corrected chi connectivity index (χ4v) is 4.62. The fourth-order valence-electron chi connectivity index (χ4n) is 1.57. The lowest BCUT2D eigenvalue weighted by Crippen LogP contribution is -2.24. The highest BCUT2D eigenvalue weighted by molar-refractivity contribution is 9.10. The molecule has 0 saturated carbocycles. The summed E-state index contributed by atoms with van der Waals surface area (Å²) in [5, 5.41) is 3.98. The standard InChI is InChI=1S/C12H11Br2NOS2/c1-15(5-9-4-8(13)7-18-9)6-11(16)12-10(14)2-3-17-12/h2-4,7H,5-6H2,1H3. The van der Waals surface area contributed by atoms with Crippen molar-refractivity contribution in [2.24, 2.45) is 0 Å². The van der Waals surface area contributed by atoms with Gasteiger partial charge in [0.1, 0.15) is 0 Å². The van der Waals surface area contributed by atoms with E-state index in [2.05, 4.69) is 43.3 Å². The third-order valence-electron chi connectivity index (χ3n) is 2.33. The van der Waals surface area contributed by atoms with Gasteiger partial charge < -0.3 is 0 Å². The highest BCUT2D eigenvalue weighted by Crippen LogP contribution is 2.24. The van der Waals surface area contributed by atoms with E-state index in [-0.39, 0.29) is 5.78 Å². The normalized spacial score (nSPS) is 11.1. The number of rotatable bonds is 5. The molecule has 2 heterocycles. The average Bonchev–Trinajstić information content (AvgIpc) is 2.87. The van der Waals surface area contributed by atoms with Gasteiger partial charge in [-0.3, -0.25) is 9.69 Å². The van der Waals surface area contributed by atoms with Crippen molar-refractivity contribution in [1.29, 1.82) is 0 Å². The van der Waals surface area contributed by atoms with Crippen LogP contribution in [0, 0.1) is 0 Å². The fraction of sp³-hybridized carbons (Fsp3) is 0.250. The number of halogens is 2. The zero-order valence-corrected chi connectivity index (χ0v) is 14.5. The molecule has 0 spiro atoms. The monoisotopic (exact) mass is 407 g/mol. The van der Waals surface area contributed by atoms with Crippen LogP contribution in [0.2, 0.25) is 0 Å². The Balaban J connectivity index is 1.93. The molecular formula is C12H11Br2NOS2. The maximum absolute atomic E-state index is 12.1. The third-order valence-corrected chi connectivity index (χ3v) is 5.89. The van der Waals surface area contributed by atoms with E-state index in [0.717, 1.165) is 20.4 Å². The highest BCUT2D eigenvalue weighted by atomic mass is 79.9. The lowest BCUT2D eigenvalue weighted by Gasteiger charge is -2.14. The van der Waals surface area contributed by atoms with E-state index in [1.165, 1.54) is 16.2 Å². The van der Waals surface area contributed by atoms with Crippen molar-refractivity contribution in [2.75, 3.05) is 13.6 Å². The number of carbonyl (C=O) groups is 1. The first kappa shape index (κ1) is 14.4. The van der Waals surface area contributed by atoms with Gasteiger partial charge in [-0.25, -0.2) is 0 Å². The summed E-state index contributed by atoms with van der Waals surface area (Å²) in [6.07, 6.45) is 0. The number of carbonyl (C=O) groups excluding carboxylic acids is 1. The van der Waals surface area contributed by atoms with E-state index in [0.29, 0.717) is 6.54 Å². The SMILES string of the molecule is CN(CC(=O)c1sccc1Br)Cc1cc(Br)cs1. The molecule has 0 aliphatic heterocycles. The number of nitrogens with zero attached hydrogens (tertiary/aromatic N) is 1. The second-order valence-corrected chi connectivity index (χ2v) is 7.61. The van der Waals surface area contributed by atoms with Gasteiger partial charge in [-0.15, -0.1) is 22.7 Å². The lowest BCUT2D eigenvalue weighted by molar-refractivity contribution is 0.0947. The molecule has 96 valence electrons. The number of hydrogen-bond donors (Lipinski definition) is 0. The van der Waals surface area contributed by atoms with E-state index in [9.17, 15) is 4.79 Å². The molecule has 0 aromatic carbocycles. The summed E-state index contributed by atoms with van der Waals surface area (Å²) in [6.45, 7) is 1.24. The second-order valence-electron chi connectivity index (χ2n) is 3.92. The van der Waals surface area contributed by atoms with Crippen LogP contribution in [0.1, 0.15) is 14.5 Å². The quantitative estimate of drug-likeness (QED) is 0.671. The summed E-state index contributed by atoms with van der Waals surface area (Å²) in [5.74, 6) is 0.162. The Morgan fingerprint density at radius 2 is 2.17 bits per heavy atom. The van der Waals surface area contributed by atoms with Crippen LogP contribution in [0.4, 0.5) is 0 Å². The van der Waals surface area contributed by atoms with Crippen LogP contribution in [0.25, 0.3) is 0 Å².